The zero-order valence-corrected chi connectivity index (χ0v) is 11.5. The predicted octanol–water partition coefficient (Wildman–Crippen LogP) is 2.46. The predicted molar refractivity (Wildman–Crippen MR) is 78.0 cm³/mol. The van der Waals surface area contributed by atoms with E-state index in [9.17, 15) is 4.79 Å². The van der Waals surface area contributed by atoms with E-state index in [2.05, 4.69) is 41.4 Å². The molecular weight excluding hydrogens is 252 g/mol. The average Bonchev–Trinajstić information content (AvgIpc) is 3.13. The highest BCUT2D eigenvalue weighted by Crippen LogP contribution is 2.28. The summed E-state index contributed by atoms with van der Waals surface area (Å²) < 4.78 is 4.92. The fourth-order valence-corrected chi connectivity index (χ4v) is 2.67. The lowest BCUT2D eigenvalue weighted by atomic mass is 10.2. The number of furan rings is 1. The van der Waals surface area contributed by atoms with Gasteiger partial charge in [0.2, 0.25) is 0 Å². The summed E-state index contributed by atoms with van der Waals surface area (Å²) in [5, 5.41) is 2.95. The summed E-state index contributed by atoms with van der Waals surface area (Å²) in [4.78, 5) is 14.2. The van der Waals surface area contributed by atoms with Gasteiger partial charge in [-0.25, -0.2) is 0 Å². The molecule has 1 aliphatic heterocycles. The van der Waals surface area contributed by atoms with Crippen molar-refractivity contribution in [3.05, 3.63) is 54.0 Å². The quantitative estimate of drug-likeness (QED) is 0.928. The standard InChI is InChI=1S/C16H18N2O2/c1-12(10-17-16(19)14-7-9-20-11-14)18-8-6-13-4-2-3-5-15(13)18/h2-5,7,9,11-12H,6,8,10H2,1H3,(H,17,19)/t12-/m1/s1. The summed E-state index contributed by atoms with van der Waals surface area (Å²) in [6.07, 6.45) is 4.05. The molecule has 1 amide bonds. The summed E-state index contributed by atoms with van der Waals surface area (Å²) in [5.41, 5.74) is 3.25. The molecule has 104 valence electrons. The van der Waals surface area contributed by atoms with E-state index in [0.717, 1.165) is 13.0 Å². The van der Waals surface area contributed by atoms with Gasteiger partial charge in [0.1, 0.15) is 6.26 Å². The average molecular weight is 270 g/mol. The van der Waals surface area contributed by atoms with Crippen molar-refractivity contribution in [1.29, 1.82) is 0 Å². The van der Waals surface area contributed by atoms with Crippen LogP contribution >= 0.6 is 0 Å². The number of nitrogens with one attached hydrogen (secondary N) is 1. The van der Waals surface area contributed by atoms with Gasteiger partial charge in [-0.3, -0.25) is 4.79 Å². The van der Waals surface area contributed by atoms with E-state index >= 15 is 0 Å². The molecule has 0 spiro atoms. The molecule has 1 aliphatic rings. The van der Waals surface area contributed by atoms with Gasteiger partial charge in [-0.15, -0.1) is 0 Å². The van der Waals surface area contributed by atoms with Crippen LogP contribution in [0.25, 0.3) is 0 Å². The number of fused-ring (bicyclic) bond motifs is 1. The third-order valence-corrected chi connectivity index (χ3v) is 3.80. The van der Waals surface area contributed by atoms with Gasteiger partial charge in [0, 0.05) is 24.8 Å². The Labute approximate surface area is 118 Å². The lowest BCUT2D eigenvalue weighted by molar-refractivity contribution is 0.0951. The van der Waals surface area contributed by atoms with Crippen LogP contribution in [0.4, 0.5) is 5.69 Å². The monoisotopic (exact) mass is 270 g/mol. The minimum absolute atomic E-state index is 0.0851. The third-order valence-electron chi connectivity index (χ3n) is 3.80. The Hall–Kier alpha value is -2.23. The van der Waals surface area contributed by atoms with Crippen molar-refractivity contribution < 1.29 is 9.21 Å². The number of nitrogens with zero attached hydrogens (tertiary/aromatic N) is 1. The van der Waals surface area contributed by atoms with Crippen molar-refractivity contribution in [3.8, 4) is 0 Å². The van der Waals surface area contributed by atoms with E-state index in [4.69, 9.17) is 4.42 Å². The molecule has 0 saturated carbocycles. The molecule has 0 aliphatic carbocycles. The van der Waals surface area contributed by atoms with Gasteiger partial charge in [0.25, 0.3) is 5.91 Å². The molecule has 3 rings (SSSR count). The molecule has 4 heteroatoms. The molecule has 4 nitrogen and oxygen atoms in total. The Kier molecular flexibility index (Phi) is 3.46. The highest BCUT2D eigenvalue weighted by atomic mass is 16.3. The van der Waals surface area contributed by atoms with Gasteiger partial charge in [-0.2, -0.15) is 0 Å². The second kappa shape index (κ2) is 5.41. The lowest BCUT2D eigenvalue weighted by Crippen LogP contribution is -2.41. The Bertz CT molecular complexity index is 592. The SMILES string of the molecule is C[C@H](CNC(=O)c1ccoc1)N1CCc2ccccc21. The number of amides is 1. The van der Waals surface area contributed by atoms with Gasteiger partial charge < -0.3 is 14.6 Å². The molecule has 1 aromatic heterocycles. The van der Waals surface area contributed by atoms with E-state index in [1.165, 1.54) is 23.8 Å². The van der Waals surface area contributed by atoms with Gasteiger partial charge >= 0.3 is 0 Å². The minimum atomic E-state index is -0.0851. The number of carbonyl (C=O) groups is 1. The maximum Gasteiger partial charge on any atom is 0.254 e. The maximum atomic E-state index is 11.9. The summed E-state index contributed by atoms with van der Waals surface area (Å²) in [6.45, 7) is 3.78. The van der Waals surface area contributed by atoms with Crippen LogP contribution in [0, 0.1) is 0 Å². The summed E-state index contributed by atoms with van der Waals surface area (Å²) in [7, 11) is 0. The topological polar surface area (TPSA) is 45.5 Å². The van der Waals surface area contributed by atoms with Crippen molar-refractivity contribution in [2.75, 3.05) is 18.0 Å². The third kappa shape index (κ3) is 2.41. The molecule has 0 unspecified atom stereocenters. The molecule has 1 aromatic carbocycles. The molecule has 2 heterocycles. The normalized spacial score (nSPS) is 14.9. The van der Waals surface area contributed by atoms with Crippen molar-refractivity contribution in [1.82, 2.24) is 5.32 Å². The van der Waals surface area contributed by atoms with E-state index < -0.39 is 0 Å². The first-order valence-corrected chi connectivity index (χ1v) is 6.90. The van der Waals surface area contributed by atoms with E-state index in [1.54, 1.807) is 6.07 Å². The van der Waals surface area contributed by atoms with Crippen molar-refractivity contribution in [2.45, 2.75) is 19.4 Å². The van der Waals surface area contributed by atoms with Crippen LogP contribution < -0.4 is 10.2 Å². The minimum Gasteiger partial charge on any atom is -0.472 e. The van der Waals surface area contributed by atoms with Crippen LogP contribution in [0.5, 0.6) is 0 Å². The van der Waals surface area contributed by atoms with E-state index in [0.29, 0.717) is 12.1 Å². The second-order valence-electron chi connectivity index (χ2n) is 5.14. The zero-order chi connectivity index (χ0) is 13.9. The number of hydrogen-bond donors (Lipinski definition) is 1. The van der Waals surface area contributed by atoms with Crippen LogP contribution in [-0.2, 0) is 6.42 Å². The molecule has 0 bridgehead atoms. The fraction of sp³-hybridized carbons (Fsp3) is 0.312. The number of rotatable bonds is 4. The lowest BCUT2D eigenvalue weighted by Gasteiger charge is -2.27. The Morgan fingerprint density at radius 1 is 1.40 bits per heavy atom. The van der Waals surface area contributed by atoms with E-state index in [-0.39, 0.29) is 11.9 Å². The van der Waals surface area contributed by atoms with E-state index in [1.807, 2.05) is 0 Å². The molecule has 1 N–H and O–H groups in total. The van der Waals surface area contributed by atoms with Crippen LogP contribution in [0.3, 0.4) is 0 Å². The Morgan fingerprint density at radius 3 is 3.05 bits per heavy atom. The molecule has 0 fully saturated rings. The van der Waals surface area contributed by atoms with Crippen LogP contribution in [0.2, 0.25) is 0 Å². The molecule has 0 saturated heterocycles. The first kappa shape index (κ1) is 12.8. The van der Waals surface area contributed by atoms with Crippen molar-refractivity contribution in [2.24, 2.45) is 0 Å². The van der Waals surface area contributed by atoms with Gasteiger partial charge in [0.05, 0.1) is 11.8 Å². The zero-order valence-electron chi connectivity index (χ0n) is 11.5. The number of anilines is 1. The second-order valence-corrected chi connectivity index (χ2v) is 5.14. The van der Waals surface area contributed by atoms with Gasteiger partial charge in [0.15, 0.2) is 0 Å². The van der Waals surface area contributed by atoms with Crippen LogP contribution in [-0.4, -0.2) is 25.0 Å². The first-order chi connectivity index (χ1) is 9.75. The Balaban J connectivity index is 1.61. The van der Waals surface area contributed by atoms with Crippen molar-refractivity contribution in [3.63, 3.8) is 0 Å². The molecule has 1 atom stereocenters. The number of benzene rings is 1. The molecule has 0 radical (unpaired) electrons. The summed E-state index contributed by atoms with van der Waals surface area (Å²) in [6, 6.07) is 10.4. The summed E-state index contributed by atoms with van der Waals surface area (Å²) in [5.74, 6) is -0.0851. The smallest absolute Gasteiger partial charge is 0.254 e. The molecular formula is C16H18N2O2. The highest BCUT2D eigenvalue weighted by Gasteiger charge is 2.23. The van der Waals surface area contributed by atoms with Crippen molar-refractivity contribution >= 4 is 11.6 Å². The Morgan fingerprint density at radius 2 is 2.25 bits per heavy atom. The first-order valence-electron chi connectivity index (χ1n) is 6.90. The van der Waals surface area contributed by atoms with Gasteiger partial charge in [-0.1, -0.05) is 18.2 Å². The van der Waals surface area contributed by atoms with Crippen LogP contribution in [0.1, 0.15) is 22.8 Å². The number of para-hydroxylation sites is 1. The fourth-order valence-electron chi connectivity index (χ4n) is 2.67. The number of carbonyl (C=O) groups excluding carboxylic acids is 1. The van der Waals surface area contributed by atoms with Gasteiger partial charge in [-0.05, 0) is 31.0 Å². The summed E-state index contributed by atoms with van der Waals surface area (Å²) >= 11 is 0. The molecule has 20 heavy (non-hydrogen) atoms. The largest absolute Gasteiger partial charge is 0.472 e. The highest BCUT2D eigenvalue weighted by molar-refractivity contribution is 5.93. The maximum absolute atomic E-state index is 11.9. The number of hydrogen-bond acceptors (Lipinski definition) is 3. The van der Waals surface area contributed by atoms with Crippen LogP contribution in [0.15, 0.2) is 47.3 Å². The molecule has 2 aromatic rings.